The van der Waals surface area contributed by atoms with Gasteiger partial charge in [0, 0.05) is 29.7 Å². The minimum absolute atomic E-state index is 0.122. The van der Waals surface area contributed by atoms with Gasteiger partial charge in [-0.15, -0.1) is 11.8 Å². The smallest absolute Gasteiger partial charge is 0.232 e. The quantitative estimate of drug-likeness (QED) is 0.562. The van der Waals surface area contributed by atoms with E-state index in [4.69, 9.17) is 0 Å². The number of hydrogen-bond acceptors (Lipinski definition) is 3. The Balaban J connectivity index is 1.69. The highest BCUT2D eigenvalue weighted by atomic mass is 32.2. The maximum atomic E-state index is 12.7. The van der Waals surface area contributed by atoms with Crippen molar-refractivity contribution in [2.45, 2.75) is 39.1 Å². The van der Waals surface area contributed by atoms with Gasteiger partial charge in [-0.05, 0) is 51.5 Å². The Morgan fingerprint density at radius 1 is 1.07 bits per heavy atom. The van der Waals surface area contributed by atoms with Gasteiger partial charge >= 0.3 is 0 Å². The second-order valence-corrected chi connectivity index (χ2v) is 8.22. The molecule has 0 N–H and O–H groups in total. The number of aryl methyl sites for hydroxylation is 3. The van der Waals surface area contributed by atoms with Crippen molar-refractivity contribution in [2.24, 2.45) is 0 Å². The Morgan fingerprint density at radius 3 is 2.50 bits per heavy atom. The van der Waals surface area contributed by atoms with Crippen LogP contribution in [0, 0.1) is 27.7 Å². The summed E-state index contributed by atoms with van der Waals surface area (Å²) in [6.07, 6.45) is 0. The Labute approximate surface area is 171 Å². The van der Waals surface area contributed by atoms with Crippen LogP contribution in [0.1, 0.15) is 28.1 Å². The molecule has 0 atom stereocenters. The Morgan fingerprint density at radius 2 is 1.79 bits per heavy atom. The van der Waals surface area contributed by atoms with Crippen molar-refractivity contribution in [1.82, 2.24) is 14.7 Å². The van der Waals surface area contributed by atoms with Gasteiger partial charge in [-0.25, -0.2) is 4.68 Å². The van der Waals surface area contributed by atoms with Crippen molar-refractivity contribution in [2.75, 3.05) is 12.8 Å². The molecule has 1 aromatic heterocycles. The largest absolute Gasteiger partial charge is 0.341 e. The number of carbonyl (C=O) groups is 1. The van der Waals surface area contributed by atoms with Crippen LogP contribution in [0.4, 0.5) is 0 Å². The van der Waals surface area contributed by atoms with Crippen LogP contribution in [0.15, 0.2) is 53.4 Å². The summed E-state index contributed by atoms with van der Waals surface area (Å²) in [6.45, 7) is 8.79. The summed E-state index contributed by atoms with van der Waals surface area (Å²) < 4.78 is 1.95. The number of carbonyl (C=O) groups excluding carboxylic acids is 1. The van der Waals surface area contributed by atoms with Crippen molar-refractivity contribution in [3.63, 3.8) is 0 Å². The molecule has 0 aliphatic heterocycles. The zero-order chi connectivity index (χ0) is 20.3. The Kier molecular flexibility index (Phi) is 6.25. The van der Waals surface area contributed by atoms with E-state index in [2.05, 4.69) is 44.1 Å². The zero-order valence-electron chi connectivity index (χ0n) is 17.2. The third kappa shape index (κ3) is 4.47. The molecule has 0 fully saturated rings. The molecule has 3 aromatic rings. The molecule has 0 saturated carbocycles. The summed E-state index contributed by atoms with van der Waals surface area (Å²) in [5, 5.41) is 4.68. The van der Waals surface area contributed by atoms with Gasteiger partial charge in [0.25, 0.3) is 0 Å². The van der Waals surface area contributed by atoms with Gasteiger partial charge in [0.15, 0.2) is 0 Å². The van der Waals surface area contributed by atoms with Gasteiger partial charge in [-0.1, -0.05) is 35.9 Å². The predicted octanol–water partition coefficient (Wildman–Crippen LogP) is 4.86. The first-order chi connectivity index (χ1) is 13.4. The van der Waals surface area contributed by atoms with Crippen LogP contribution in [0.25, 0.3) is 5.69 Å². The number of amides is 1. The lowest BCUT2D eigenvalue weighted by Crippen LogP contribution is -2.28. The summed E-state index contributed by atoms with van der Waals surface area (Å²) in [5.41, 5.74) is 6.61. The van der Waals surface area contributed by atoms with Gasteiger partial charge in [0.2, 0.25) is 5.91 Å². The second-order valence-electron chi connectivity index (χ2n) is 7.20. The summed E-state index contributed by atoms with van der Waals surface area (Å²) in [4.78, 5) is 15.7. The fourth-order valence-corrected chi connectivity index (χ4v) is 4.23. The summed E-state index contributed by atoms with van der Waals surface area (Å²) >= 11 is 1.61. The lowest BCUT2D eigenvalue weighted by Gasteiger charge is -2.18. The molecule has 0 saturated heterocycles. The molecule has 0 bridgehead atoms. The van der Waals surface area contributed by atoms with Crippen LogP contribution in [-0.2, 0) is 11.3 Å². The first-order valence-electron chi connectivity index (χ1n) is 9.41. The summed E-state index contributed by atoms with van der Waals surface area (Å²) in [5.74, 6) is 0.559. The van der Waals surface area contributed by atoms with E-state index in [1.54, 1.807) is 16.7 Å². The SMILES string of the molecule is Cc1ccc(C)c(SCC(=O)N(C)Cc2c(C)nn(-c3ccccc3)c2C)c1. The molecule has 1 amide bonds. The van der Waals surface area contributed by atoms with Gasteiger partial charge in [-0.3, -0.25) is 4.79 Å². The number of rotatable bonds is 6. The lowest BCUT2D eigenvalue weighted by atomic mass is 10.2. The maximum absolute atomic E-state index is 12.7. The second kappa shape index (κ2) is 8.65. The number of hydrogen-bond donors (Lipinski definition) is 0. The topological polar surface area (TPSA) is 38.1 Å². The fraction of sp³-hybridized carbons (Fsp3) is 0.304. The molecule has 28 heavy (non-hydrogen) atoms. The van der Waals surface area contributed by atoms with Crippen LogP contribution in [0.3, 0.4) is 0 Å². The molecular formula is C23H27N3OS. The molecule has 4 nitrogen and oxygen atoms in total. The van der Waals surface area contributed by atoms with E-state index in [0.29, 0.717) is 12.3 Å². The number of benzene rings is 2. The van der Waals surface area contributed by atoms with Crippen LogP contribution in [-0.4, -0.2) is 33.4 Å². The minimum atomic E-state index is 0.122. The lowest BCUT2D eigenvalue weighted by molar-refractivity contribution is -0.127. The number of para-hydroxylation sites is 1. The number of thioether (sulfide) groups is 1. The Hall–Kier alpha value is -2.53. The number of aromatic nitrogens is 2. The van der Waals surface area contributed by atoms with E-state index in [0.717, 1.165) is 22.6 Å². The van der Waals surface area contributed by atoms with Crippen molar-refractivity contribution in [1.29, 1.82) is 0 Å². The first-order valence-corrected chi connectivity index (χ1v) is 10.4. The van der Waals surface area contributed by atoms with E-state index >= 15 is 0 Å². The number of nitrogens with zero attached hydrogens (tertiary/aromatic N) is 3. The van der Waals surface area contributed by atoms with Crippen LogP contribution >= 0.6 is 11.8 Å². The average molecular weight is 394 g/mol. The van der Waals surface area contributed by atoms with Crippen LogP contribution < -0.4 is 0 Å². The highest BCUT2D eigenvalue weighted by Gasteiger charge is 2.17. The van der Waals surface area contributed by atoms with Gasteiger partial charge < -0.3 is 4.90 Å². The molecule has 0 aliphatic rings. The molecule has 3 rings (SSSR count). The van der Waals surface area contributed by atoms with Gasteiger partial charge in [0.1, 0.15) is 0 Å². The van der Waals surface area contributed by atoms with E-state index in [9.17, 15) is 4.79 Å². The Bertz CT molecular complexity index is 979. The van der Waals surface area contributed by atoms with Gasteiger partial charge in [-0.2, -0.15) is 5.10 Å². The molecule has 0 radical (unpaired) electrons. The van der Waals surface area contributed by atoms with Crippen molar-refractivity contribution in [3.8, 4) is 5.69 Å². The predicted molar refractivity (Wildman–Crippen MR) is 116 cm³/mol. The third-order valence-corrected chi connectivity index (χ3v) is 6.10. The molecular weight excluding hydrogens is 366 g/mol. The summed E-state index contributed by atoms with van der Waals surface area (Å²) in [7, 11) is 1.87. The standard InChI is InChI=1S/C23H27N3OS/c1-16-11-12-17(2)22(13-16)28-15-23(27)25(5)14-21-18(3)24-26(19(21)4)20-9-7-6-8-10-20/h6-13H,14-15H2,1-5H3. The third-order valence-electron chi connectivity index (χ3n) is 4.96. The van der Waals surface area contributed by atoms with E-state index in [1.165, 1.54) is 16.0 Å². The maximum Gasteiger partial charge on any atom is 0.232 e. The highest BCUT2D eigenvalue weighted by Crippen LogP contribution is 2.24. The molecule has 0 aliphatic carbocycles. The summed E-state index contributed by atoms with van der Waals surface area (Å²) in [6, 6.07) is 16.4. The zero-order valence-corrected chi connectivity index (χ0v) is 18.0. The molecule has 146 valence electrons. The molecule has 5 heteroatoms. The monoisotopic (exact) mass is 393 g/mol. The van der Waals surface area contributed by atoms with Crippen LogP contribution in [0.2, 0.25) is 0 Å². The van der Waals surface area contributed by atoms with Crippen molar-refractivity contribution in [3.05, 3.63) is 76.6 Å². The molecule has 0 unspecified atom stereocenters. The van der Waals surface area contributed by atoms with Crippen molar-refractivity contribution >= 4 is 17.7 Å². The molecule has 0 spiro atoms. The fourth-order valence-electron chi connectivity index (χ4n) is 3.16. The van der Waals surface area contributed by atoms with E-state index in [-0.39, 0.29) is 5.91 Å². The van der Waals surface area contributed by atoms with E-state index < -0.39 is 0 Å². The first kappa shape index (κ1) is 20.2. The minimum Gasteiger partial charge on any atom is -0.341 e. The highest BCUT2D eigenvalue weighted by molar-refractivity contribution is 8.00. The molecule has 2 aromatic carbocycles. The average Bonchev–Trinajstić information content (AvgIpc) is 2.97. The van der Waals surface area contributed by atoms with Gasteiger partial charge in [0.05, 0.1) is 17.1 Å². The van der Waals surface area contributed by atoms with Crippen LogP contribution in [0.5, 0.6) is 0 Å². The van der Waals surface area contributed by atoms with E-state index in [1.807, 2.05) is 49.0 Å². The molecule has 1 heterocycles. The van der Waals surface area contributed by atoms with Crippen molar-refractivity contribution < 1.29 is 4.79 Å². The normalized spacial score (nSPS) is 10.9.